The summed E-state index contributed by atoms with van der Waals surface area (Å²) in [6.07, 6.45) is 1.43. The van der Waals surface area contributed by atoms with Crippen LogP contribution in [-0.4, -0.2) is 34.1 Å². The summed E-state index contributed by atoms with van der Waals surface area (Å²) in [5.74, 6) is 0.0753. The molecular formula is C19H21NO5S. The first-order chi connectivity index (χ1) is 12.4. The van der Waals surface area contributed by atoms with Gasteiger partial charge in [0.05, 0.1) is 10.5 Å². The molecule has 2 aromatic carbocycles. The maximum atomic E-state index is 12.1. The van der Waals surface area contributed by atoms with Crippen molar-refractivity contribution in [1.29, 1.82) is 0 Å². The van der Waals surface area contributed by atoms with E-state index < -0.39 is 16.0 Å². The van der Waals surface area contributed by atoms with Crippen LogP contribution in [0, 0.1) is 6.92 Å². The first-order valence-electron chi connectivity index (χ1n) is 7.99. The number of esters is 1. The van der Waals surface area contributed by atoms with Gasteiger partial charge in [-0.25, -0.2) is 17.9 Å². The van der Waals surface area contributed by atoms with E-state index in [2.05, 4.69) is 11.3 Å². The Morgan fingerprint density at radius 1 is 1.15 bits per heavy atom. The van der Waals surface area contributed by atoms with Crippen molar-refractivity contribution in [2.24, 2.45) is 0 Å². The number of sulfonamides is 1. The van der Waals surface area contributed by atoms with Gasteiger partial charge in [0.1, 0.15) is 19.0 Å². The third-order valence-electron chi connectivity index (χ3n) is 3.40. The summed E-state index contributed by atoms with van der Waals surface area (Å²) in [6.45, 7) is 5.80. The molecule has 0 fully saturated rings. The minimum atomic E-state index is -3.70. The lowest BCUT2D eigenvalue weighted by Crippen LogP contribution is -2.24. The molecule has 0 atom stereocenters. The lowest BCUT2D eigenvalue weighted by molar-refractivity contribution is 0.0450. The molecule has 2 aromatic rings. The van der Waals surface area contributed by atoms with E-state index >= 15 is 0 Å². The molecule has 0 bridgehead atoms. The summed E-state index contributed by atoms with van der Waals surface area (Å²) in [5, 5.41) is 0. The highest BCUT2D eigenvalue weighted by Crippen LogP contribution is 2.13. The molecule has 0 amide bonds. The molecule has 0 unspecified atom stereocenters. The van der Waals surface area contributed by atoms with E-state index in [-0.39, 0.29) is 30.2 Å². The van der Waals surface area contributed by atoms with Crippen LogP contribution in [-0.2, 0) is 14.8 Å². The number of carbonyl (C=O) groups is 1. The zero-order valence-electron chi connectivity index (χ0n) is 14.5. The minimum Gasteiger partial charge on any atom is -0.490 e. The number of aryl methyl sites for hydroxylation is 1. The summed E-state index contributed by atoms with van der Waals surface area (Å²) in [5.41, 5.74) is 1.28. The van der Waals surface area contributed by atoms with E-state index in [1.54, 1.807) is 0 Å². The normalized spacial score (nSPS) is 11.0. The number of benzene rings is 2. The summed E-state index contributed by atoms with van der Waals surface area (Å²) in [7, 11) is -3.70. The summed E-state index contributed by atoms with van der Waals surface area (Å²) < 4.78 is 37.1. The number of hydrogen-bond acceptors (Lipinski definition) is 5. The molecule has 1 N–H and O–H groups in total. The van der Waals surface area contributed by atoms with Gasteiger partial charge in [0, 0.05) is 6.54 Å². The quantitative estimate of drug-likeness (QED) is 0.414. The SMILES string of the molecule is C=CCNS(=O)(=O)c1cccc(C(=O)OCCOc2ccc(C)cc2)c1. The van der Waals surface area contributed by atoms with E-state index in [1.165, 1.54) is 30.3 Å². The maximum Gasteiger partial charge on any atom is 0.338 e. The van der Waals surface area contributed by atoms with E-state index in [4.69, 9.17) is 9.47 Å². The molecule has 0 radical (unpaired) electrons. The van der Waals surface area contributed by atoms with Crippen LogP contribution in [0.3, 0.4) is 0 Å². The van der Waals surface area contributed by atoms with Gasteiger partial charge < -0.3 is 9.47 Å². The fraction of sp³-hybridized carbons (Fsp3) is 0.211. The topological polar surface area (TPSA) is 81.7 Å². The third-order valence-corrected chi connectivity index (χ3v) is 4.83. The van der Waals surface area contributed by atoms with Crippen LogP contribution in [0.4, 0.5) is 0 Å². The van der Waals surface area contributed by atoms with Crippen molar-refractivity contribution in [1.82, 2.24) is 4.72 Å². The first kappa shape index (κ1) is 19.7. The van der Waals surface area contributed by atoms with E-state index in [9.17, 15) is 13.2 Å². The Morgan fingerprint density at radius 2 is 1.88 bits per heavy atom. The largest absolute Gasteiger partial charge is 0.490 e. The Balaban J connectivity index is 1.90. The number of carbonyl (C=O) groups excluding carboxylic acids is 1. The molecule has 6 nitrogen and oxygen atoms in total. The molecule has 7 heteroatoms. The fourth-order valence-corrected chi connectivity index (χ4v) is 3.10. The first-order valence-corrected chi connectivity index (χ1v) is 9.48. The molecule has 0 aromatic heterocycles. The second kappa shape index (κ2) is 9.17. The van der Waals surface area contributed by atoms with Crippen molar-refractivity contribution in [2.45, 2.75) is 11.8 Å². The molecule has 138 valence electrons. The molecule has 0 saturated carbocycles. The maximum absolute atomic E-state index is 12.1. The Hall–Kier alpha value is -2.64. The number of hydrogen-bond donors (Lipinski definition) is 1. The van der Waals surface area contributed by atoms with Gasteiger partial charge in [-0.3, -0.25) is 0 Å². The Bertz CT molecular complexity index is 860. The number of rotatable bonds is 9. The van der Waals surface area contributed by atoms with E-state index in [1.807, 2.05) is 31.2 Å². The number of ether oxygens (including phenoxy) is 2. The molecular weight excluding hydrogens is 354 g/mol. The van der Waals surface area contributed by atoms with Gasteiger partial charge in [-0.05, 0) is 37.3 Å². The summed E-state index contributed by atoms with van der Waals surface area (Å²) in [6, 6.07) is 13.2. The average molecular weight is 375 g/mol. The molecule has 0 spiro atoms. The van der Waals surface area contributed by atoms with Crippen LogP contribution in [0.1, 0.15) is 15.9 Å². The van der Waals surface area contributed by atoms with Gasteiger partial charge in [0.25, 0.3) is 0 Å². The number of nitrogens with one attached hydrogen (secondary N) is 1. The summed E-state index contributed by atoms with van der Waals surface area (Å²) in [4.78, 5) is 12.1. The average Bonchev–Trinajstić information content (AvgIpc) is 2.65. The van der Waals surface area contributed by atoms with Crippen LogP contribution in [0.2, 0.25) is 0 Å². The fourth-order valence-electron chi connectivity index (χ4n) is 2.05. The van der Waals surface area contributed by atoms with Gasteiger partial charge in [0.2, 0.25) is 10.0 Å². The minimum absolute atomic E-state index is 0.00953. The predicted octanol–water partition coefficient (Wildman–Crippen LogP) is 2.70. The highest BCUT2D eigenvalue weighted by atomic mass is 32.2. The Morgan fingerprint density at radius 3 is 2.58 bits per heavy atom. The van der Waals surface area contributed by atoms with Crippen molar-refractivity contribution < 1.29 is 22.7 Å². The van der Waals surface area contributed by atoms with Crippen molar-refractivity contribution in [3.8, 4) is 5.75 Å². The van der Waals surface area contributed by atoms with Crippen LogP contribution < -0.4 is 9.46 Å². The molecule has 0 aliphatic heterocycles. The van der Waals surface area contributed by atoms with Gasteiger partial charge in [-0.1, -0.05) is 29.8 Å². The molecule has 2 rings (SSSR count). The lowest BCUT2D eigenvalue weighted by Gasteiger charge is -2.09. The van der Waals surface area contributed by atoms with Crippen LogP contribution in [0.25, 0.3) is 0 Å². The van der Waals surface area contributed by atoms with Crippen molar-refractivity contribution >= 4 is 16.0 Å². The second-order valence-electron chi connectivity index (χ2n) is 5.47. The smallest absolute Gasteiger partial charge is 0.338 e. The molecule has 26 heavy (non-hydrogen) atoms. The van der Waals surface area contributed by atoms with E-state index in [0.717, 1.165) is 5.56 Å². The third kappa shape index (κ3) is 5.72. The molecule has 0 aliphatic carbocycles. The van der Waals surface area contributed by atoms with Gasteiger partial charge in [-0.15, -0.1) is 6.58 Å². The Labute approximate surface area is 153 Å². The van der Waals surface area contributed by atoms with Crippen molar-refractivity contribution in [2.75, 3.05) is 19.8 Å². The standard InChI is InChI=1S/C19H21NO5S/c1-3-11-20-26(22,23)18-6-4-5-16(14-18)19(21)25-13-12-24-17-9-7-15(2)8-10-17/h3-10,14,20H,1,11-13H2,2H3. The van der Waals surface area contributed by atoms with Crippen LogP contribution in [0.5, 0.6) is 5.75 Å². The molecule has 0 heterocycles. The zero-order valence-corrected chi connectivity index (χ0v) is 15.3. The predicted molar refractivity (Wildman–Crippen MR) is 98.8 cm³/mol. The van der Waals surface area contributed by atoms with Crippen LogP contribution >= 0.6 is 0 Å². The van der Waals surface area contributed by atoms with Crippen LogP contribution in [0.15, 0.2) is 66.1 Å². The van der Waals surface area contributed by atoms with Gasteiger partial charge >= 0.3 is 5.97 Å². The van der Waals surface area contributed by atoms with Gasteiger partial charge in [-0.2, -0.15) is 0 Å². The lowest BCUT2D eigenvalue weighted by atomic mass is 10.2. The zero-order chi connectivity index (χ0) is 19.0. The van der Waals surface area contributed by atoms with E-state index in [0.29, 0.717) is 5.75 Å². The Kier molecular flexibility index (Phi) is 6.94. The monoisotopic (exact) mass is 375 g/mol. The summed E-state index contributed by atoms with van der Waals surface area (Å²) >= 11 is 0. The van der Waals surface area contributed by atoms with Crippen molar-refractivity contribution in [3.05, 3.63) is 72.3 Å². The second-order valence-corrected chi connectivity index (χ2v) is 7.23. The highest BCUT2D eigenvalue weighted by molar-refractivity contribution is 7.89. The highest BCUT2D eigenvalue weighted by Gasteiger charge is 2.16. The van der Waals surface area contributed by atoms with Crippen molar-refractivity contribution in [3.63, 3.8) is 0 Å². The molecule has 0 saturated heterocycles. The molecule has 0 aliphatic rings. The van der Waals surface area contributed by atoms with Gasteiger partial charge in [0.15, 0.2) is 0 Å².